The molecule has 0 aromatic carbocycles. The molecule has 0 bridgehead atoms. The molecule has 1 amide bonds. The van der Waals surface area contributed by atoms with E-state index in [1.54, 1.807) is 0 Å². The summed E-state index contributed by atoms with van der Waals surface area (Å²) in [4.78, 5) is 32.1. The third kappa shape index (κ3) is 2.83. The zero-order chi connectivity index (χ0) is 13.9. The Morgan fingerprint density at radius 1 is 1.61 bits per heavy atom. The van der Waals surface area contributed by atoms with Gasteiger partial charge < -0.3 is 20.1 Å². The van der Waals surface area contributed by atoms with Crippen molar-refractivity contribution in [2.45, 2.75) is 6.04 Å². The minimum Gasteiger partial charge on any atom is -0.480 e. The molecule has 9 nitrogen and oxygen atoms in total. The summed E-state index contributed by atoms with van der Waals surface area (Å²) in [5.41, 5.74) is -0.347. The number of carbonyl (C=O) groups excluding carboxylic acids is 1. The number of aromatic nitrogens is 1. The van der Waals surface area contributed by atoms with Crippen LogP contribution < -0.4 is 5.32 Å². The lowest BCUT2D eigenvalue weighted by atomic mass is 10.3. The Balaban J connectivity index is 2.90. The molecule has 0 fully saturated rings. The summed E-state index contributed by atoms with van der Waals surface area (Å²) in [6.45, 7) is -0.770. The number of carboxylic acids is 1. The first-order valence-electron chi connectivity index (χ1n) is 4.82. The van der Waals surface area contributed by atoms with Gasteiger partial charge in [-0.15, -0.1) is 0 Å². The van der Waals surface area contributed by atoms with Crippen LogP contribution >= 0.6 is 0 Å². The van der Waals surface area contributed by atoms with Crippen LogP contribution in [0, 0.1) is 10.1 Å². The fourth-order valence-electron chi connectivity index (χ4n) is 1.29. The topological polar surface area (TPSA) is 135 Å². The second-order valence-corrected chi connectivity index (χ2v) is 3.50. The van der Waals surface area contributed by atoms with E-state index in [0.29, 0.717) is 0 Å². The monoisotopic (exact) mass is 257 g/mol. The fraction of sp³-hybridized carbons (Fsp3) is 0.333. The first-order chi connectivity index (χ1) is 8.36. The number of amides is 1. The molecule has 1 aromatic rings. The Kier molecular flexibility index (Phi) is 4.00. The summed E-state index contributed by atoms with van der Waals surface area (Å²) in [6, 6.07) is -0.433. The van der Waals surface area contributed by atoms with Crippen molar-refractivity contribution in [3.05, 3.63) is 28.1 Å². The predicted octanol–water partition coefficient (Wildman–Crippen LogP) is -0.891. The number of rotatable bonds is 5. The van der Waals surface area contributed by atoms with Gasteiger partial charge in [0.2, 0.25) is 0 Å². The first-order valence-corrected chi connectivity index (χ1v) is 4.82. The van der Waals surface area contributed by atoms with Gasteiger partial charge in [0, 0.05) is 13.1 Å². The maximum absolute atomic E-state index is 11.6. The molecule has 1 rings (SSSR count). The highest BCUT2D eigenvalue weighted by Gasteiger charge is 2.23. The van der Waals surface area contributed by atoms with Crippen LogP contribution in [0.2, 0.25) is 0 Å². The SMILES string of the molecule is Cn1cc([N+](=O)[O-])cc1C(=O)NC(CO)C(=O)O. The maximum Gasteiger partial charge on any atom is 0.328 e. The minimum atomic E-state index is -1.45. The van der Waals surface area contributed by atoms with Crippen LogP contribution in [0.5, 0.6) is 0 Å². The number of aliphatic carboxylic acids is 1. The van der Waals surface area contributed by atoms with Crippen molar-refractivity contribution in [1.82, 2.24) is 9.88 Å². The van der Waals surface area contributed by atoms with Crippen LogP contribution in [0.4, 0.5) is 5.69 Å². The normalized spacial score (nSPS) is 11.9. The number of hydrogen-bond donors (Lipinski definition) is 3. The third-order valence-electron chi connectivity index (χ3n) is 2.22. The maximum atomic E-state index is 11.6. The standard InChI is InChI=1S/C9H11N3O6/c1-11-3-5(12(17)18)2-7(11)8(14)10-6(4-13)9(15)16/h2-3,6,13H,4H2,1H3,(H,10,14)(H,15,16). The van der Waals surface area contributed by atoms with Crippen LogP contribution in [0.15, 0.2) is 12.3 Å². The molecule has 0 saturated heterocycles. The highest BCUT2D eigenvalue weighted by molar-refractivity contribution is 5.96. The number of aryl methyl sites for hydroxylation is 1. The molecule has 1 unspecified atom stereocenters. The van der Waals surface area contributed by atoms with E-state index in [1.165, 1.54) is 11.6 Å². The molecule has 0 radical (unpaired) electrons. The lowest BCUT2D eigenvalue weighted by Gasteiger charge is -2.11. The quantitative estimate of drug-likeness (QED) is 0.462. The second kappa shape index (κ2) is 5.27. The van der Waals surface area contributed by atoms with E-state index >= 15 is 0 Å². The van der Waals surface area contributed by atoms with E-state index in [4.69, 9.17) is 10.2 Å². The smallest absolute Gasteiger partial charge is 0.328 e. The first kappa shape index (κ1) is 13.6. The Bertz CT molecular complexity index is 494. The van der Waals surface area contributed by atoms with E-state index in [9.17, 15) is 19.7 Å². The lowest BCUT2D eigenvalue weighted by Crippen LogP contribution is -2.43. The molecule has 98 valence electrons. The van der Waals surface area contributed by atoms with Gasteiger partial charge in [-0.2, -0.15) is 0 Å². The molecule has 0 aliphatic heterocycles. The molecule has 9 heteroatoms. The summed E-state index contributed by atoms with van der Waals surface area (Å²) in [5.74, 6) is -2.21. The second-order valence-electron chi connectivity index (χ2n) is 3.50. The van der Waals surface area contributed by atoms with Gasteiger partial charge >= 0.3 is 5.97 Å². The zero-order valence-electron chi connectivity index (χ0n) is 9.36. The number of carboxylic acid groups (broad SMARTS) is 1. The molecular formula is C9H11N3O6. The largest absolute Gasteiger partial charge is 0.480 e. The number of aliphatic hydroxyl groups is 1. The van der Waals surface area contributed by atoms with Crippen molar-refractivity contribution in [3.8, 4) is 0 Å². The van der Waals surface area contributed by atoms with Gasteiger partial charge in [0.1, 0.15) is 5.69 Å². The minimum absolute atomic E-state index is 0.0681. The van der Waals surface area contributed by atoms with Crippen molar-refractivity contribution in [2.24, 2.45) is 7.05 Å². The molecule has 0 saturated carbocycles. The van der Waals surface area contributed by atoms with Crippen LogP contribution in [-0.2, 0) is 11.8 Å². The number of nitro groups is 1. The summed E-state index contributed by atoms with van der Waals surface area (Å²) < 4.78 is 1.20. The van der Waals surface area contributed by atoms with E-state index in [2.05, 4.69) is 0 Å². The molecule has 1 heterocycles. The van der Waals surface area contributed by atoms with Crippen LogP contribution in [0.25, 0.3) is 0 Å². The molecule has 1 atom stereocenters. The van der Waals surface area contributed by atoms with Gasteiger partial charge in [-0.25, -0.2) is 4.79 Å². The van der Waals surface area contributed by atoms with Gasteiger partial charge in [0.15, 0.2) is 6.04 Å². The van der Waals surface area contributed by atoms with Crippen molar-refractivity contribution in [3.63, 3.8) is 0 Å². The molecule has 1 aromatic heterocycles. The zero-order valence-corrected chi connectivity index (χ0v) is 9.36. The number of carbonyl (C=O) groups is 2. The number of nitrogens with zero attached hydrogens (tertiary/aromatic N) is 2. The average Bonchev–Trinajstić information content (AvgIpc) is 2.67. The van der Waals surface area contributed by atoms with E-state index < -0.39 is 29.4 Å². The van der Waals surface area contributed by atoms with Crippen molar-refractivity contribution in [2.75, 3.05) is 6.61 Å². The van der Waals surface area contributed by atoms with Crippen molar-refractivity contribution >= 4 is 17.6 Å². The summed E-state index contributed by atoms with van der Waals surface area (Å²) in [5, 5.41) is 29.9. The number of aliphatic hydroxyl groups excluding tert-OH is 1. The Hall–Kier alpha value is -2.42. The van der Waals surface area contributed by atoms with E-state index in [1.807, 2.05) is 5.32 Å². The molecular weight excluding hydrogens is 246 g/mol. The van der Waals surface area contributed by atoms with Crippen LogP contribution in [0.1, 0.15) is 10.5 Å². The van der Waals surface area contributed by atoms with Gasteiger partial charge in [-0.05, 0) is 0 Å². The molecule has 0 spiro atoms. The van der Waals surface area contributed by atoms with Crippen molar-refractivity contribution in [1.29, 1.82) is 0 Å². The molecule has 18 heavy (non-hydrogen) atoms. The van der Waals surface area contributed by atoms with E-state index in [-0.39, 0.29) is 11.4 Å². The van der Waals surface area contributed by atoms with Gasteiger partial charge in [0.05, 0.1) is 17.7 Å². The number of hydrogen-bond acceptors (Lipinski definition) is 5. The Morgan fingerprint density at radius 2 is 2.22 bits per heavy atom. The Labute approximate surface area is 101 Å². The van der Waals surface area contributed by atoms with Gasteiger partial charge in [-0.1, -0.05) is 0 Å². The Morgan fingerprint density at radius 3 is 2.61 bits per heavy atom. The average molecular weight is 257 g/mol. The van der Waals surface area contributed by atoms with Crippen LogP contribution in [0.3, 0.4) is 0 Å². The van der Waals surface area contributed by atoms with Gasteiger partial charge in [-0.3, -0.25) is 14.9 Å². The van der Waals surface area contributed by atoms with Crippen molar-refractivity contribution < 1.29 is 24.7 Å². The third-order valence-corrected chi connectivity index (χ3v) is 2.22. The summed E-state index contributed by atoms with van der Waals surface area (Å²) in [7, 11) is 1.41. The highest BCUT2D eigenvalue weighted by Crippen LogP contribution is 2.15. The lowest BCUT2D eigenvalue weighted by molar-refractivity contribution is -0.384. The predicted molar refractivity (Wildman–Crippen MR) is 58.0 cm³/mol. The van der Waals surface area contributed by atoms with Gasteiger partial charge in [0.25, 0.3) is 11.6 Å². The summed E-state index contributed by atoms with van der Waals surface area (Å²) >= 11 is 0. The molecule has 0 aliphatic carbocycles. The van der Waals surface area contributed by atoms with Crippen LogP contribution in [-0.4, -0.2) is 44.2 Å². The highest BCUT2D eigenvalue weighted by atomic mass is 16.6. The summed E-state index contributed by atoms with van der Waals surface area (Å²) in [6.07, 6.45) is 1.13. The molecule has 3 N–H and O–H groups in total. The number of nitrogens with one attached hydrogen (secondary N) is 1. The molecule has 0 aliphatic rings. The van der Waals surface area contributed by atoms with E-state index in [0.717, 1.165) is 12.3 Å². The fourth-order valence-corrected chi connectivity index (χ4v) is 1.29.